The lowest BCUT2D eigenvalue weighted by molar-refractivity contribution is -0.157. The maximum absolute atomic E-state index is 12.0. The van der Waals surface area contributed by atoms with Crippen LogP contribution in [0.15, 0.2) is 24.3 Å². The SMILES string of the molecule is CCC(NCCc1ccc(N)cc1)C(=O)OC(C)(C)C. The van der Waals surface area contributed by atoms with Gasteiger partial charge in [0.2, 0.25) is 0 Å². The highest BCUT2D eigenvalue weighted by molar-refractivity contribution is 5.76. The molecule has 1 rings (SSSR count). The first-order valence-electron chi connectivity index (χ1n) is 7.12. The summed E-state index contributed by atoms with van der Waals surface area (Å²) >= 11 is 0. The number of benzene rings is 1. The fraction of sp³-hybridized carbons (Fsp3) is 0.562. The van der Waals surface area contributed by atoms with Crippen molar-refractivity contribution in [3.05, 3.63) is 29.8 Å². The highest BCUT2D eigenvalue weighted by Gasteiger charge is 2.23. The maximum atomic E-state index is 12.0. The molecule has 1 aromatic carbocycles. The second-order valence-corrected chi connectivity index (χ2v) is 5.94. The summed E-state index contributed by atoms with van der Waals surface area (Å²) in [5.41, 5.74) is 7.17. The van der Waals surface area contributed by atoms with Crippen LogP contribution in [0.25, 0.3) is 0 Å². The molecule has 0 aliphatic rings. The highest BCUT2D eigenvalue weighted by atomic mass is 16.6. The van der Waals surface area contributed by atoms with Gasteiger partial charge in [-0.15, -0.1) is 0 Å². The Bertz CT molecular complexity index is 421. The fourth-order valence-electron chi connectivity index (χ4n) is 1.84. The van der Waals surface area contributed by atoms with Crippen molar-refractivity contribution in [2.75, 3.05) is 12.3 Å². The Labute approximate surface area is 121 Å². The zero-order chi connectivity index (χ0) is 15.2. The first kappa shape index (κ1) is 16.5. The number of hydrogen-bond acceptors (Lipinski definition) is 4. The molecule has 3 N–H and O–H groups in total. The number of nitrogens with two attached hydrogens (primary N) is 1. The Balaban J connectivity index is 2.41. The predicted octanol–water partition coefficient (Wildman–Crippen LogP) is 2.52. The Morgan fingerprint density at radius 2 is 1.90 bits per heavy atom. The Morgan fingerprint density at radius 3 is 2.40 bits per heavy atom. The fourth-order valence-corrected chi connectivity index (χ4v) is 1.84. The number of rotatable bonds is 6. The third-order valence-electron chi connectivity index (χ3n) is 2.88. The van der Waals surface area contributed by atoms with E-state index in [9.17, 15) is 4.79 Å². The quantitative estimate of drug-likeness (QED) is 0.620. The molecule has 0 bridgehead atoms. The minimum absolute atomic E-state index is 0.183. The van der Waals surface area contributed by atoms with Gasteiger partial charge in [0.05, 0.1) is 0 Å². The monoisotopic (exact) mass is 278 g/mol. The largest absolute Gasteiger partial charge is 0.459 e. The van der Waals surface area contributed by atoms with Crippen LogP contribution in [-0.2, 0) is 16.0 Å². The normalized spacial score (nSPS) is 13.0. The van der Waals surface area contributed by atoms with E-state index in [1.54, 1.807) is 0 Å². The Morgan fingerprint density at radius 1 is 1.30 bits per heavy atom. The number of carbonyl (C=O) groups excluding carboxylic acids is 1. The lowest BCUT2D eigenvalue weighted by atomic mass is 10.1. The van der Waals surface area contributed by atoms with Crippen molar-refractivity contribution in [2.45, 2.75) is 52.2 Å². The summed E-state index contributed by atoms with van der Waals surface area (Å²) in [7, 11) is 0. The van der Waals surface area contributed by atoms with E-state index in [2.05, 4.69) is 5.32 Å². The summed E-state index contributed by atoms with van der Waals surface area (Å²) in [6.45, 7) is 8.36. The van der Waals surface area contributed by atoms with Gasteiger partial charge in [-0.2, -0.15) is 0 Å². The smallest absolute Gasteiger partial charge is 0.323 e. The number of nitrogens with one attached hydrogen (secondary N) is 1. The van der Waals surface area contributed by atoms with E-state index >= 15 is 0 Å². The molecule has 0 aromatic heterocycles. The summed E-state index contributed by atoms with van der Waals surface area (Å²) in [5, 5.41) is 3.25. The summed E-state index contributed by atoms with van der Waals surface area (Å²) in [6.07, 6.45) is 1.58. The Kier molecular flexibility index (Phi) is 6.02. The molecule has 1 atom stereocenters. The summed E-state index contributed by atoms with van der Waals surface area (Å²) in [4.78, 5) is 12.0. The average molecular weight is 278 g/mol. The zero-order valence-corrected chi connectivity index (χ0v) is 12.9. The number of carbonyl (C=O) groups is 1. The van der Waals surface area contributed by atoms with Gasteiger partial charge in [0, 0.05) is 5.69 Å². The predicted molar refractivity (Wildman–Crippen MR) is 82.5 cm³/mol. The van der Waals surface area contributed by atoms with Gasteiger partial charge >= 0.3 is 5.97 Å². The number of anilines is 1. The Hall–Kier alpha value is -1.55. The van der Waals surface area contributed by atoms with Gasteiger partial charge in [-0.25, -0.2) is 0 Å². The molecule has 1 unspecified atom stereocenters. The molecular weight excluding hydrogens is 252 g/mol. The molecule has 0 spiro atoms. The first-order valence-corrected chi connectivity index (χ1v) is 7.12. The van der Waals surface area contributed by atoms with Gasteiger partial charge in [0.1, 0.15) is 11.6 Å². The second kappa shape index (κ2) is 7.29. The van der Waals surface area contributed by atoms with Crippen LogP contribution in [0.3, 0.4) is 0 Å². The number of ether oxygens (including phenoxy) is 1. The topological polar surface area (TPSA) is 64.3 Å². The number of nitrogen functional groups attached to an aromatic ring is 1. The molecule has 0 aliphatic carbocycles. The van der Waals surface area contributed by atoms with E-state index in [0.29, 0.717) is 0 Å². The third-order valence-corrected chi connectivity index (χ3v) is 2.88. The van der Waals surface area contributed by atoms with E-state index in [-0.39, 0.29) is 12.0 Å². The van der Waals surface area contributed by atoms with Crippen LogP contribution in [0.5, 0.6) is 0 Å². The van der Waals surface area contributed by atoms with Crippen LogP contribution in [0.2, 0.25) is 0 Å². The standard InChI is InChI=1S/C16H26N2O2/c1-5-14(15(19)20-16(2,3)4)18-11-10-12-6-8-13(17)9-7-12/h6-9,14,18H,5,10-11,17H2,1-4H3. The number of hydrogen-bond donors (Lipinski definition) is 2. The second-order valence-electron chi connectivity index (χ2n) is 5.94. The van der Waals surface area contributed by atoms with Crippen LogP contribution in [-0.4, -0.2) is 24.2 Å². The van der Waals surface area contributed by atoms with Crippen molar-refractivity contribution >= 4 is 11.7 Å². The summed E-state index contributed by atoms with van der Waals surface area (Å²) in [6, 6.07) is 7.54. The molecular formula is C16H26N2O2. The minimum Gasteiger partial charge on any atom is -0.459 e. The minimum atomic E-state index is -0.441. The third kappa shape index (κ3) is 6.06. The molecule has 112 valence electrons. The van der Waals surface area contributed by atoms with E-state index in [4.69, 9.17) is 10.5 Å². The zero-order valence-electron chi connectivity index (χ0n) is 12.9. The van der Waals surface area contributed by atoms with E-state index < -0.39 is 5.60 Å². The van der Waals surface area contributed by atoms with E-state index in [0.717, 1.165) is 25.1 Å². The van der Waals surface area contributed by atoms with Gasteiger partial charge in [-0.3, -0.25) is 4.79 Å². The van der Waals surface area contributed by atoms with Crippen molar-refractivity contribution in [2.24, 2.45) is 0 Å². The van der Waals surface area contributed by atoms with Crippen molar-refractivity contribution in [1.29, 1.82) is 0 Å². The van der Waals surface area contributed by atoms with Crippen LogP contribution in [0.1, 0.15) is 39.7 Å². The summed E-state index contributed by atoms with van der Waals surface area (Å²) < 4.78 is 5.39. The molecule has 0 fully saturated rings. The van der Waals surface area contributed by atoms with Crippen LogP contribution >= 0.6 is 0 Å². The van der Waals surface area contributed by atoms with E-state index in [1.165, 1.54) is 5.56 Å². The van der Waals surface area contributed by atoms with Crippen LogP contribution in [0.4, 0.5) is 5.69 Å². The van der Waals surface area contributed by atoms with Crippen molar-refractivity contribution in [3.63, 3.8) is 0 Å². The molecule has 0 saturated carbocycles. The lowest BCUT2D eigenvalue weighted by Crippen LogP contribution is -2.41. The molecule has 1 aromatic rings. The van der Waals surface area contributed by atoms with Gasteiger partial charge in [0.25, 0.3) is 0 Å². The van der Waals surface area contributed by atoms with Crippen LogP contribution in [0, 0.1) is 0 Å². The molecule has 0 saturated heterocycles. The first-order chi connectivity index (χ1) is 9.31. The average Bonchev–Trinajstić information content (AvgIpc) is 2.34. The molecule has 20 heavy (non-hydrogen) atoms. The number of esters is 1. The van der Waals surface area contributed by atoms with Gasteiger partial charge < -0.3 is 15.8 Å². The van der Waals surface area contributed by atoms with Crippen LogP contribution < -0.4 is 11.1 Å². The van der Waals surface area contributed by atoms with Gasteiger partial charge in [0.15, 0.2) is 0 Å². The maximum Gasteiger partial charge on any atom is 0.323 e. The molecule has 0 radical (unpaired) electrons. The molecule has 0 heterocycles. The molecule has 0 aliphatic heterocycles. The lowest BCUT2D eigenvalue weighted by Gasteiger charge is -2.24. The molecule has 4 heteroatoms. The van der Waals surface area contributed by atoms with Gasteiger partial charge in [-0.05, 0) is 57.9 Å². The van der Waals surface area contributed by atoms with Gasteiger partial charge in [-0.1, -0.05) is 19.1 Å². The highest BCUT2D eigenvalue weighted by Crippen LogP contribution is 2.10. The molecule has 4 nitrogen and oxygen atoms in total. The van der Waals surface area contributed by atoms with E-state index in [1.807, 2.05) is 52.0 Å². The van der Waals surface area contributed by atoms with Crippen molar-refractivity contribution < 1.29 is 9.53 Å². The van der Waals surface area contributed by atoms with Crippen molar-refractivity contribution in [1.82, 2.24) is 5.32 Å². The van der Waals surface area contributed by atoms with Crippen molar-refractivity contribution in [3.8, 4) is 0 Å². The summed E-state index contributed by atoms with van der Waals surface area (Å²) in [5.74, 6) is -0.183. The molecule has 0 amide bonds.